The SMILES string of the molecule is CCCC(C)(NC(=O)OCC1c2ccccc2-c2ccccc21)C(=O)N1CSC[C@H]1C(=O)O. The third-order valence-electron chi connectivity index (χ3n) is 6.37. The summed E-state index contributed by atoms with van der Waals surface area (Å²) in [6.07, 6.45) is 0.341. The van der Waals surface area contributed by atoms with E-state index >= 15 is 0 Å². The van der Waals surface area contributed by atoms with E-state index in [-0.39, 0.29) is 12.5 Å². The summed E-state index contributed by atoms with van der Waals surface area (Å²) in [5, 5.41) is 12.2. The van der Waals surface area contributed by atoms with Gasteiger partial charge in [0, 0.05) is 11.7 Å². The fourth-order valence-corrected chi connectivity index (χ4v) is 5.89. The predicted octanol–water partition coefficient (Wildman–Crippen LogP) is 4.07. The van der Waals surface area contributed by atoms with Crippen LogP contribution in [0.2, 0.25) is 0 Å². The van der Waals surface area contributed by atoms with E-state index in [1.165, 1.54) is 16.7 Å². The minimum Gasteiger partial charge on any atom is -0.480 e. The molecule has 2 amide bonds. The number of fused-ring (bicyclic) bond motifs is 3. The van der Waals surface area contributed by atoms with Crippen molar-refractivity contribution in [3.63, 3.8) is 0 Å². The Bertz CT molecular complexity index is 1030. The average Bonchev–Trinajstić information content (AvgIpc) is 3.41. The van der Waals surface area contributed by atoms with E-state index in [0.29, 0.717) is 24.5 Å². The van der Waals surface area contributed by atoms with Gasteiger partial charge in [-0.1, -0.05) is 61.9 Å². The molecule has 8 heteroatoms. The monoisotopic (exact) mass is 468 g/mol. The smallest absolute Gasteiger partial charge is 0.408 e. The molecule has 1 aliphatic heterocycles. The van der Waals surface area contributed by atoms with Crippen LogP contribution in [0.3, 0.4) is 0 Å². The molecule has 2 aliphatic rings. The summed E-state index contributed by atoms with van der Waals surface area (Å²) in [7, 11) is 0. The maximum Gasteiger partial charge on any atom is 0.408 e. The standard InChI is InChI=1S/C25H28N2O5S/c1-3-12-25(2,23(30)27-15-33-14-21(27)22(28)29)26-24(31)32-13-20-18-10-6-4-8-16(18)17-9-5-7-11-19(17)20/h4-11,20-21H,3,12-15H2,1-2H3,(H,26,31)(H,28,29)/t21-,25?/m0/s1. The van der Waals surface area contributed by atoms with Crippen molar-refractivity contribution in [3.8, 4) is 11.1 Å². The normalized spacial score (nSPS) is 18.8. The van der Waals surface area contributed by atoms with E-state index < -0.39 is 29.6 Å². The summed E-state index contributed by atoms with van der Waals surface area (Å²) in [5.41, 5.74) is 3.25. The summed E-state index contributed by atoms with van der Waals surface area (Å²) in [6.45, 7) is 3.70. The number of aliphatic carboxylic acids is 1. The molecule has 1 fully saturated rings. The molecule has 174 valence electrons. The van der Waals surface area contributed by atoms with Gasteiger partial charge in [-0.3, -0.25) is 4.79 Å². The van der Waals surface area contributed by atoms with Gasteiger partial charge in [0.1, 0.15) is 18.2 Å². The molecule has 2 aromatic carbocycles. The summed E-state index contributed by atoms with van der Waals surface area (Å²) in [5.74, 6) is -0.873. The topological polar surface area (TPSA) is 95.9 Å². The van der Waals surface area contributed by atoms with Gasteiger partial charge >= 0.3 is 12.1 Å². The number of benzene rings is 2. The van der Waals surface area contributed by atoms with Gasteiger partial charge in [-0.05, 0) is 35.6 Å². The van der Waals surface area contributed by atoms with Gasteiger partial charge in [-0.25, -0.2) is 9.59 Å². The summed E-state index contributed by atoms with van der Waals surface area (Å²) >= 11 is 1.39. The molecule has 0 radical (unpaired) electrons. The largest absolute Gasteiger partial charge is 0.480 e. The first-order valence-electron chi connectivity index (χ1n) is 11.1. The van der Waals surface area contributed by atoms with Crippen molar-refractivity contribution in [2.45, 2.75) is 44.2 Å². The Morgan fingerprint density at radius 3 is 2.30 bits per heavy atom. The molecule has 1 saturated heterocycles. The summed E-state index contributed by atoms with van der Waals surface area (Å²) in [4.78, 5) is 39.0. The van der Waals surface area contributed by atoms with Gasteiger partial charge in [0.15, 0.2) is 0 Å². The van der Waals surface area contributed by atoms with E-state index in [9.17, 15) is 19.5 Å². The number of ether oxygens (including phenoxy) is 1. The van der Waals surface area contributed by atoms with Crippen molar-refractivity contribution in [1.29, 1.82) is 0 Å². The second-order valence-electron chi connectivity index (χ2n) is 8.66. The number of carbonyl (C=O) groups excluding carboxylic acids is 2. The van der Waals surface area contributed by atoms with Gasteiger partial charge in [0.2, 0.25) is 5.91 Å². The van der Waals surface area contributed by atoms with Gasteiger partial charge < -0.3 is 20.1 Å². The quantitative estimate of drug-likeness (QED) is 0.636. The molecule has 2 aromatic rings. The third kappa shape index (κ3) is 4.44. The van der Waals surface area contributed by atoms with Crippen molar-refractivity contribution in [2.75, 3.05) is 18.2 Å². The van der Waals surface area contributed by atoms with Crippen LogP contribution >= 0.6 is 11.8 Å². The highest BCUT2D eigenvalue weighted by Gasteiger charge is 2.44. The van der Waals surface area contributed by atoms with Gasteiger partial charge in [-0.15, -0.1) is 11.8 Å². The van der Waals surface area contributed by atoms with E-state index in [1.807, 2.05) is 43.3 Å². The third-order valence-corrected chi connectivity index (χ3v) is 7.38. The van der Waals surface area contributed by atoms with Crippen LogP contribution in [0, 0.1) is 0 Å². The minimum atomic E-state index is -1.24. The van der Waals surface area contributed by atoms with E-state index in [0.717, 1.165) is 22.3 Å². The Balaban J connectivity index is 1.47. The van der Waals surface area contributed by atoms with Crippen LogP contribution < -0.4 is 5.32 Å². The van der Waals surface area contributed by atoms with Crippen LogP contribution in [-0.4, -0.2) is 57.8 Å². The number of nitrogens with one attached hydrogen (secondary N) is 1. The molecule has 2 N–H and O–H groups in total. The summed E-state index contributed by atoms with van der Waals surface area (Å²) in [6, 6.07) is 15.3. The maximum absolute atomic E-state index is 13.3. The van der Waals surface area contributed by atoms with Crippen molar-refractivity contribution in [3.05, 3.63) is 59.7 Å². The van der Waals surface area contributed by atoms with Crippen molar-refractivity contribution < 1.29 is 24.2 Å². The lowest BCUT2D eigenvalue weighted by Gasteiger charge is -2.34. The lowest BCUT2D eigenvalue weighted by molar-refractivity contribution is -0.150. The predicted molar refractivity (Wildman–Crippen MR) is 127 cm³/mol. The number of rotatable bonds is 7. The van der Waals surface area contributed by atoms with Crippen LogP contribution in [0.4, 0.5) is 4.79 Å². The Labute approximate surface area is 197 Å². The van der Waals surface area contributed by atoms with E-state index in [2.05, 4.69) is 17.4 Å². The Morgan fingerprint density at radius 1 is 1.12 bits per heavy atom. The molecule has 4 rings (SSSR count). The highest BCUT2D eigenvalue weighted by atomic mass is 32.2. The number of hydrogen-bond acceptors (Lipinski definition) is 5. The lowest BCUT2D eigenvalue weighted by Crippen LogP contribution is -2.59. The van der Waals surface area contributed by atoms with Crippen LogP contribution in [0.1, 0.15) is 43.7 Å². The van der Waals surface area contributed by atoms with Gasteiger partial charge in [-0.2, -0.15) is 0 Å². The number of carbonyl (C=O) groups is 3. The van der Waals surface area contributed by atoms with Crippen LogP contribution in [0.5, 0.6) is 0 Å². The molecule has 1 aliphatic carbocycles. The Kier molecular flexibility index (Phi) is 6.65. The highest BCUT2D eigenvalue weighted by Crippen LogP contribution is 2.44. The Morgan fingerprint density at radius 2 is 1.73 bits per heavy atom. The molecule has 7 nitrogen and oxygen atoms in total. The van der Waals surface area contributed by atoms with Crippen LogP contribution in [-0.2, 0) is 14.3 Å². The first-order valence-corrected chi connectivity index (χ1v) is 12.3. The first-order chi connectivity index (χ1) is 15.9. The number of carboxylic acid groups (broad SMARTS) is 1. The molecule has 1 unspecified atom stereocenters. The second-order valence-corrected chi connectivity index (χ2v) is 9.66. The molecular weight excluding hydrogens is 440 g/mol. The van der Waals surface area contributed by atoms with E-state index in [1.54, 1.807) is 6.92 Å². The molecule has 2 atom stereocenters. The molecule has 0 spiro atoms. The fourth-order valence-electron chi connectivity index (χ4n) is 4.75. The fraction of sp³-hybridized carbons (Fsp3) is 0.400. The average molecular weight is 469 g/mol. The lowest BCUT2D eigenvalue weighted by atomic mass is 9.94. The second kappa shape index (κ2) is 9.47. The molecule has 33 heavy (non-hydrogen) atoms. The van der Waals surface area contributed by atoms with Gasteiger partial charge in [0.05, 0.1) is 5.88 Å². The van der Waals surface area contributed by atoms with Gasteiger partial charge in [0.25, 0.3) is 0 Å². The van der Waals surface area contributed by atoms with Crippen LogP contribution in [0.15, 0.2) is 48.5 Å². The molecule has 0 saturated carbocycles. The highest BCUT2D eigenvalue weighted by molar-refractivity contribution is 7.99. The number of nitrogens with zero attached hydrogens (tertiary/aromatic N) is 1. The summed E-state index contributed by atoms with van der Waals surface area (Å²) < 4.78 is 5.63. The first kappa shape index (κ1) is 23.2. The van der Waals surface area contributed by atoms with Crippen molar-refractivity contribution in [1.82, 2.24) is 10.2 Å². The number of alkyl carbamates (subject to hydrolysis) is 1. The van der Waals surface area contributed by atoms with E-state index in [4.69, 9.17) is 4.74 Å². The Hall–Kier alpha value is -3.00. The zero-order valence-corrected chi connectivity index (χ0v) is 19.6. The zero-order valence-electron chi connectivity index (χ0n) is 18.7. The molecule has 1 heterocycles. The number of amides is 2. The number of hydrogen-bond donors (Lipinski definition) is 2. The number of carboxylic acids is 1. The molecule has 0 bridgehead atoms. The zero-order chi connectivity index (χ0) is 23.6. The number of thioether (sulfide) groups is 1. The molecule has 0 aromatic heterocycles. The molecular formula is C25H28N2O5S. The van der Waals surface area contributed by atoms with Crippen molar-refractivity contribution >= 4 is 29.7 Å². The van der Waals surface area contributed by atoms with Crippen molar-refractivity contribution in [2.24, 2.45) is 0 Å². The minimum absolute atomic E-state index is 0.0809. The van der Waals surface area contributed by atoms with Crippen LogP contribution in [0.25, 0.3) is 11.1 Å². The maximum atomic E-state index is 13.3.